The highest BCUT2D eigenvalue weighted by atomic mass is 127. The van der Waals surface area contributed by atoms with Crippen molar-refractivity contribution in [2.45, 2.75) is 27.7 Å². The lowest BCUT2D eigenvalue weighted by Crippen LogP contribution is -2.21. The highest BCUT2D eigenvalue weighted by Crippen LogP contribution is 2.34. The Labute approximate surface area is 291 Å². The van der Waals surface area contributed by atoms with Crippen LogP contribution in [0.1, 0.15) is 39.5 Å². The fraction of sp³-hybridized carbons (Fsp3) is 0.167. The smallest absolute Gasteiger partial charge is 0.271 e. The van der Waals surface area contributed by atoms with E-state index in [2.05, 4.69) is 55.7 Å². The topological polar surface area (TPSA) is 114 Å². The molecule has 47 heavy (non-hydrogen) atoms. The van der Waals surface area contributed by atoms with Gasteiger partial charge in [-0.3, -0.25) is 9.59 Å². The maximum atomic E-state index is 12.8. The van der Waals surface area contributed by atoms with Crippen molar-refractivity contribution in [2.24, 2.45) is 5.10 Å². The summed E-state index contributed by atoms with van der Waals surface area (Å²) in [6.45, 7) is 8.05. The molecule has 9 nitrogen and oxygen atoms in total. The summed E-state index contributed by atoms with van der Waals surface area (Å²) in [5.41, 5.74) is 10.4. The normalized spacial score (nSPS) is 10.9. The second-order valence-electron chi connectivity index (χ2n) is 10.7. The zero-order chi connectivity index (χ0) is 33.3. The number of aryl methyl sites for hydroxylation is 3. The third kappa shape index (κ3) is 9.17. The van der Waals surface area contributed by atoms with Gasteiger partial charge in [-0.2, -0.15) is 5.10 Å². The molecule has 0 unspecified atom stereocenters. The maximum absolute atomic E-state index is 12.8. The van der Waals surface area contributed by atoms with Gasteiger partial charge in [-0.25, -0.2) is 10.4 Å². The molecule has 11 heteroatoms. The van der Waals surface area contributed by atoms with Crippen molar-refractivity contribution < 1.29 is 19.1 Å². The monoisotopic (exact) mass is 759 g/mol. The average molecular weight is 760 g/mol. The lowest BCUT2D eigenvalue weighted by molar-refractivity contribution is -0.118. The Morgan fingerprint density at radius 1 is 0.936 bits per heavy atom. The Morgan fingerprint density at radius 3 is 2.43 bits per heavy atom. The van der Waals surface area contributed by atoms with E-state index in [9.17, 15) is 9.59 Å². The largest absolute Gasteiger partial charge is 0.490 e. The number of halogens is 1. The van der Waals surface area contributed by atoms with E-state index < -0.39 is 0 Å². The Morgan fingerprint density at radius 2 is 1.68 bits per heavy atom. The minimum Gasteiger partial charge on any atom is -0.490 e. The summed E-state index contributed by atoms with van der Waals surface area (Å²) in [7, 11) is 0. The fourth-order valence-corrected chi connectivity index (χ4v) is 6.03. The third-order valence-corrected chi connectivity index (χ3v) is 8.54. The van der Waals surface area contributed by atoms with E-state index in [4.69, 9.17) is 9.47 Å². The summed E-state index contributed by atoms with van der Waals surface area (Å²) in [5, 5.41) is 13.1. The van der Waals surface area contributed by atoms with Gasteiger partial charge in [0, 0.05) is 27.9 Å². The van der Waals surface area contributed by atoms with Crippen LogP contribution in [0.5, 0.6) is 11.5 Å². The van der Waals surface area contributed by atoms with Gasteiger partial charge < -0.3 is 20.1 Å². The molecule has 0 spiro atoms. The van der Waals surface area contributed by atoms with Crippen LogP contribution in [-0.4, -0.2) is 36.2 Å². The van der Waals surface area contributed by atoms with Crippen LogP contribution in [0.3, 0.4) is 0 Å². The molecule has 4 aromatic carbocycles. The van der Waals surface area contributed by atoms with Gasteiger partial charge in [0.1, 0.15) is 0 Å². The summed E-state index contributed by atoms with van der Waals surface area (Å²) in [4.78, 5) is 30.1. The Hall–Kier alpha value is -4.75. The van der Waals surface area contributed by atoms with Crippen LogP contribution >= 0.6 is 33.9 Å². The summed E-state index contributed by atoms with van der Waals surface area (Å²) in [5.74, 6) is 0.316. The molecule has 0 atom stereocenters. The molecule has 1 aromatic heterocycles. The summed E-state index contributed by atoms with van der Waals surface area (Å²) in [6, 6.07) is 24.8. The van der Waals surface area contributed by atoms with Gasteiger partial charge in [0.05, 0.1) is 22.1 Å². The molecule has 0 fully saturated rings. The number of carbonyl (C=O) groups is 2. The van der Waals surface area contributed by atoms with Crippen molar-refractivity contribution in [2.75, 3.05) is 23.8 Å². The molecule has 0 aliphatic carbocycles. The van der Waals surface area contributed by atoms with Gasteiger partial charge in [-0.05, 0) is 109 Å². The molecule has 240 valence electrons. The highest BCUT2D eigenvalue weighted by Gasteiger charge is 2.15. The molecule has 0 bridgehead atoms. The van der Waals surface area contributed by atoms with Crippen LogP contribution in [0, 0.1) is 24.3 Å². The second-order valence-corrected chi connectivity index (χ2v) is 12.7. The molecule has 1 heterocycles. The van der Waals surface area contributed by atoms with E-state index in [1.807, 2.05) is 86.8 Å². The summed E-state index contributed by atoms with van der Waals surface area (Å²) >= 11 is 3.65. The number of hydrazone groups is 1. The zero-order valence-electron chi connectivity index (χ0n) is 26.4. The van der Waals surface area contributed by atoms with Crippen LogP contribution in [0.25, 0.3) is 11.3 Å². The average Bonchev–Trinajstić information content (AvgIpc) is 3.52. The first-order valence-corrected chi connectivity index (χ1v) is 16.8. The van der Waals surface area contributed by atoms with Crippen molar-refractivity contribution in [3.05, 3.63) is 116 Å². The SMILES string of the molecule is CCOc1cc(/C=N/NC(=O)c2ccc(-c3csc(Nc4ccc(C)cc4)n3)cc2)cc(I)c1OCC(=O)Nc1cc(C)ccc1C. The molecule has 3 N–H and O–H groups in total. The van der Waals surface area contributed by atoms with Crippen molar-refractivity contribution in [3.63, 3.8) is 0 Å². The molecule has 0 aliphatic rings. The number of ether oxygens (including phenoxy) is 2. The molecule has 5 aromatic rings. The van der Waals surface area contributed by atoms with Gasteiger partial charge in [-0.1, -0.05) is 42.0 Å². The fourth-order valence-electron chi connectivity index (χ4n) is 4.51. The summed E-state index contributed by atoms with van der Waals surface area (Å²) < 4.78 is 12.4. The number of carbonyl (C=O) groups excluding carboxylic acids is 2. The van der Waals surface area contributed by atoms with E-state index in [1.54, 1.807) is 18.2 Å². The highest BCUT2D eigenvalue weighted by molar-refractivity contribution is 14.1. The standard InChI is InChI=1S/C36H34IN5O4S/c1-5-45-32-18-25(17-29(37)34(32)46-20-33(43)40-30-16-23(3)6-9-24(30)4)19-38-42-35(44)27-12-10-26(11-13-27)31-21-47-36(41-31)39-28-14-7-22(2)8-15-28/h6-19,21H,5,20H2,1-4H3,(H,39,41)(H,40,43)(H,42,44)/b38-19+. The van der Waals surface area contributed by atoms with Gasteiger partial charge in [0.2, 0.25) is 0 Å². The van der Waals surface area contributed by atoms with Gasteiger partial charge in [0.25, 0.3) is 11.8 Å². The number of benzene rings is 4. The second kappa shape index (κ2) is 15.7. The molecular weight excluding hydrogens is 725 g/mol. The number of aromatic nitrogens is 1. The van der Waals surface area contributed by atoms with Crippen molar-refractivity contribution in [1.82, 2.24) is 10.4 Å². The first kappa shape index (κ1) is 33.6. The minimum absolute atomic E-state index is 0.181. The molecular formula is C36H34IN5O4S. The van der Waals surface area contributed by atoms with E-state index in [-0.39, 0.29) is 18.4 Å². The number of hydrogen-bond acceptors (Lipinski definition) is 8. The van der Waals surface area contributed by atoms with Crippen molar-refractivity contribution in [1.29, 1.82) is 0 Å². The van der Waals surface area contributed by atoms with Crippen LogP contribution in [0.2, 0.25) is 0 Å². The van der Waals surface area contributed by atoms with Crippen LogP contribution < -0.4 is 25.5 Å². The van der Waals surface area contributed by atoms with Crippen LogP contribution in [-0.2, 0) is 4.79 Å². The lowest BCUT2D eigenvalue weighted by atomic mass is 10.1. The van der Waals surface area contributed by atoms with E-state index in [1.165, 1.54) is 23.1 Å². The number of rotatable bonds is 12. The van der Waals surface area contributed by atoms with E-state index in [0.29, 0.717) is 29.2 Å². The Bertz CT molecular complexity index is 1910. The number of hydrogen-bond donors (Lipinski definition) is 3. The quantitative estimate of drug-likeness (QED) is 0.0671. The van der Waals surface area contributed by atoms with Gasteiger partial charge in [0.15, 0.2) is 23.2 Å². The predicted molar refractivity (Wildman–Crippen MR) is 197 cm³/mol. The first-order chi connectivity index (χ1) is 22.7. The molecule has 0 radical (unpaired) electrons. The van der Waals surface area contributed by atoms with E-state index in [0.717, 1.165) is 42.5 Å². The molecule has 2 amide bonds. The molecule has 0 saturated carbocycles. The molecule has 5 rings (SSSR count). The van der Waals surface area contributed by atoms with Crippen LogP contribution in [0.4, 0.5) is 16.5 Å². The maximum Gasteiger partial charge on any atom is 0.271 e. The third-order valence-electron chi connectivity index (χ3n) is 6.98. The number of thiazole rings is 1. The molecule has 0 saturated heterocycles. The number of nitrogens with one attached hydrogen (secondary N) is 3. The number of nitrogens with zero attached hydrogens (tertiary/aromatic N) is 2. The van der Waals surface area contributed by atoms with Crippen LogP contribution in [0.15, 0.2) is 89.3 Å². The molecule has 0 aliphatic heterocycles. The van der Waals surface area contributed by atoms with Gasteiger partial charge >= 0.3 is 0 Å². The van der Waals surface area contributed by atoms with Crippen molar-refractivity contribution >= 4 is 68.5 Å². The predicted octanol–water partition coefficient (Wildman–Crippen LogP) is 8.26. The zero-order valence-corrected chi connectivity index (χ0v) is 29.4. The lowest BCUT2D eigenvalue weighted by Gasteiger charge is -2.15. The van der Waals surface area contributed by atoms with Crippen molar-refractivity contribution in [3.8, 4) is 22.8 Å². The van der Waals surface area contributed by atoms with Gasteiger partial charge in [-0.15, -0.1) is 11.3 Å². The minimum atomic E-state index is -0.345. The van der Waals surface area contributed by atoms with E-state index >= 15 is 0 Å². The Balaban J connectivity index is 1.17. The first-order valence-electron chi connectivity index (χ1n) is 14.9. The Kier molecular flexibility index (Phi) is 11.2. The number of amides is 2. The number of anilines is 3. The summed E-state index contributed by atoms with van der Waals surface area (Å²) in [6.07, 6.45) is 1.53.